The van der Waals surface area contributed by atoms with E-state index in [2.05, 4.69) is 4.99 Å². The van der Waals surface area contributed by atoms with Gasteiger partial charge in [0.15, 0.2) is 21.5 Å². The molecule has 2 rings (SSSR count). The molecule has 110 valence electrons. The first-order valence-electron chi connectivity index (χ1n) is 5.87. The smallest absolute Gasteiger partial charge is 0.175 e. The Hall–Kier alpha value is -2.28. The minimum absolute atomic E-state index is 0.000931. The van der Waals surface area contributed by atoms with Crippen LogP contribution in [0.2, 0.25) is 0 Å². The van der Waals surface area contributed by atoms with Crippen molar-refractivity contribution in [3.63, 3.8) is 0 Å². The van der Waals surface area contributed by atoms with Gasteiger partial charge in [-0.05, 0) is 42.5 Å². The van der Waals surface area contributed by atoms with Crippen LogP contribution in [-0.2, 0) is 9.84 Å². The lowest BCUT2D eigenvalue weighted by atomic mass is 10.2. The molecule has 0 unspecified atom stereocenters. The van der Waals surface area contributed by atoms with Crippen LogP contribution in [0.25, 0.3) is 0 Å². The Morgan fingerprint density at radius 2 is 1.67 bits per heavy atom. The monoisotopic (exact) mass is 310 g/mol. The SMILES string of the molecule is CS(=O)(=O)c1ccc(N=C(N)c2ccc(F)c(F)c2)cc1. The zero-order chi connectivity index (χ0) is 15.6. The predicted molar refractivity (Wildman–Crippen MR) is 76.3 cm³/mol. The molecule has 0 amide bonds. The van der Waals surface area contributed by atoms with E-state index in [-0.39, 0.29) is 16.3 Å². The van der Waals surface area contributed by atoms with Gasteiger partial charge in [-0.15, -0.1) is 0 Å². The Morgan fingerprint density at radius 3 is 2.19 bits per heavy atom. The molecule has 0 aliphatic carbocycles. The topological polar surface area (TPSA) is 72.5 Å². The highest BCUT2D eigenvalue weighted by Gasteiger charge is 2.07. The maximum absolute atomic E-state index is 13.1. The third kappa shape index (κ3) is 3.63. The number of benzene rings is 2. The molecular formula is C14H12F2N2O2S. The van der Waals surface area contributed by atoms with Gasteiger partial charge in [0.05, 0.1) is 10.6 Å². The lowest BCUT2D eigenvalue weighted by Gasteiger charge is -2.03. The quantitative estimate of drug-likeness (QED) is 0.699. The fourth-order valence-corrected chi connectivity index (χ4v) is 2.26. The van der Waals surface area contributed by atoms with E-state index in [4.69, 9.17) is 5.73 Å². The second-order valence-corrected chi connectivity index (χ2v) is 6.41. The molecule has 0 saturated carbocycles. The van der Waals surface area contributed by atoms with Crippen molar-refractivity contribution < 1.29 is 17.2 Å². The summed E-state index contributed by atoms with van der Waals surface area (Å²) in [4.78, 5) is 4.19. The summed E-state index contributed by atoms with van der Waals surface area (Å²) in [7, 11) is -3.28. The van der Waals surface area contributed by atoms with E-state index in [0.29, 0.717) is 5.69 Å². The fourth-order valence-electron chi connectivity index (χ4n) is 1.63. The fraction of sp³-hybridized carbons (Fsp3) is 0.0714. The second kappa shape index (κ2) is 5.61. The summed E-state index contributed by atoms with van der Waals surface area (Å²) in [6.45, 7) is 0. The van der Waals surface area contributed by atoms with E-state index in [1.165, 1.54) is 30.3 Å². The van der Waals surface area contributed by atoms with Crippen molar-refractivity contribution in [2.45, 2.75) is 4.90 Å². The Bertz CT molecular complexity index is 800. The van der Waals surface area contributed by atoms with Gasteiger partial charge < -0.3 is 5.73 Å². The molecule has 2 aromatic carbocycles. The molecule has 0 aliphatic rings. The van der Waals surface area contributed by atoms with Crippen molar-refractivity contribution in [2.24, 2.45) is 10.7 Å². The Kier molecular flexibility index (Phi) is 4.04. The number of rotatable bonds is 3. The van der Waals surface area contributed by atoms with Gasteiger partial charge in [-0.1, -0.05) is 0 Å². The van der Waals surface area contributed by atoms with Crippen molar-refractivity contribution in [1.29, 1.82) is 0 Å². The van der Waals surface area contributed by atoms with Gasteiger partial charge in [0.2, 0.25) is 0 Å². The molecule has 4 nitrogen and oxygen atoms in total. The van der Waals surface area contributed by atoms with E-state index in [1.807, 2.05) is 0 Å². The number of halogens is 2. The highest BCUT2D eigenvalue weighted by molar-refractivity contribution is 7.90. The maximum Gasteiger partial charge on any atom is 0.175 e. The number of nitrogens with two attached hydrogens (primary N) is 1. The minimum atomic E-state index is -3.28. The van der Waals surface area contributed by atoms with Crippen molar-refractivity contribution in [1.82, 2.24) is 0 Å². The Balaban J connectivity index is 2.32. The summed E-state index contributed by atoms with van der Waals surface area (Å²) >= 11 is 0. The number of hydrogen-bond donors (Lipinski definition) is 1. The van der Waals surface area contributed by atoms with E-state index < -0.39 is 21.5 Å². The average molecular weight is 310 g/mol. The van der Waals surface area contributed by atoms with Gasteiger partial charge in [-0.25, -0.2) is 22.2 Å². The van der Waals surface area contributed by atoms with Crippen LogP contribution < -0.4 is 5.73 Å². The third-order valence-corrected chi connectivity index (χ3v) is 3.86. The molecule has 0 fully saturated rings. The molecule has 0 aromatic heterocycles. The van der Waals surface area contributed by atoms with Crippen LogP contribution in [0.15, 0.2) is 52.4 Å². The Morgan fingerprint density at radius 1 is 1.05 bits per heavy atom. The standard InChI is InChI=1S/C14H12F2N2O2S/c1-21(19,20)11-5-3-10(4-6-11)18-14(17)9-2-7-12(15)13(16)8-9/h2-8H,1H3,(H2,17,18). The van der Waals surface area contributed by atoms with Crippen LogP contribution in [0, 0.1) is 11.6 Å². The van der Waals surface area contributed by atoms with E-state index in [1.54, 1.807) is 0 Å². The molecule has 21 heavy (non-hydrogen) atoms. The number of hydrogen-bond acceptors (Lipinski definition) is 3. The lowest BCUT2D eigenvalue weighted by molar-refractivity contribution is 0.508. The summed E-state index contributed by atoms with van der Waals surface area (Å²) in [6.07, 6.45) is 1.10. The highest BCUT2D eigenvalue weighted by Crippen LogP contribution is 2.17. The maximum atomic E-state index is 13.1. The summed E-state index contributed by atoms with van der Waals surface area (Å²) in [6, 6.07) is 8.95. The van der Waals surface area contributed by atoms with Crippen LogP contribution >= 0.6 is 0 Å². The van der Waals surface area contributed by atoms with Crippen molar-refractivity contribution in [2.75, 3.05) is 6.26 Å². The molecule has 0 bridgehead atoms. The van der Waals surface area contributed by atoms with Crippen LogP contribution in [0.5, 0.6) is 0 Å². The highest BCUT2D eigenvalue weighted by atomic mass is 32.2. The first-order chi connectivity index (χ1) is 9.77. The molecule has 0 saturated heterocycles. The van der Waals surface area contributed by atoms with Crippen molar-refractivity contribution in [3.05, 3.63) is 59.7 Å². The predicted octanol–water partition coefficient (Wildman–Crippen LogP) is 2.41. The molecule has 2 N–H and O–H groups in total. The van der Waals surface area contributed by atoms with Crippen molar-refractivity contribution in [3.8, 4) is 0 Å². The summed E-state index contributed by atoms with van der Waals surface area (Å²) in [5.41, 5.74) is 6.36. The third-order valence-electron chi connectivity index (χ3n) is 2.73. The van der Waals surface area contributed by atoms with Crippen LogP contribution in [-0.4, -0.2) is 20.5 Å². The zero-order valence-corrected chi connectivity index (χ0v) is 11.9. The van der Waals surface area contributed by atoms with Gasteiger partial charge in [-0.3, -0.25) is 0 Å². The molecular weight excluding hydrogens is 298 g/mol. The van der Waals surface area contributed by atoms with Gasteiger partial charge >= 0.3 is 0 Å². The first kappa shape index (κ1) is 15.1. The molecule has 0 spiro atoms. The molecule has 0 radical (unpaired) electrons. The molecule has 0 aliphatic heterocycles. The van der Waals surface area contributed by atoms with Gasteiger partial charge in [0.1, 0.15) is 5.84 Å². The van der Waals surface area contributed by atoms with Crippen molar-refractivity contribution >= 4 is 21.4 Å². The van der Waals surface area contributed by atoms with E-state index >= 15 is 0 Å². The molecule has 2 aromatic rings. The second-order valence-electron chi connectivity index (χ2n) is 4.39. The largest absolute Gasteiger partial charge is 0.383 e. The molecule has 7 heteroatoms. The normalized spacial score (nSPS) is 12.4. The lowest BCUT2D eigenvalue weighted by Crippen LogP contribution is -2.13. The van der Waals surface area contributed by atoms with Crippen LogP contribution in [0.4, 0.5) is 14.5 Å². The van der Waals surface area contributed by atoms with E-state index in [9.17, 15) is 17.2 Å². The number of amidine groups is 1. The van der Waals surface area contributed by atoms with Crippen LogP contribution in [0.1, 0.15) is 5.56 Å². The molecule has 0 heterocycles. The average Bonchev–Trinajstić information content (AvgIpc) is 2.41. The first-order valence-corrected chi connectivity index (χ1v) is 7.76. The number of sulfone groups is 1. The number of nitrogens with zero attached hydrogens (tertiary/aromatic N) is 1. The number of aliphatic imine (C=N–C) groups is 1. The van der Waals surface area contributed by atoms with Gasteiger partial charge in [0.25, 0.3) is 0 Å². The van der Waals surface area contributed by atoms with Gasteiger partial charge in [-0.2, -0.15) is 0 Å². The summed E-state index contributed by atoms with van der Waals surface area (Å²) < 4.78 is 48.6. The molecule has 0 atom stereocenters. The van der Waals surface area contributed by atoms with Gasteiger partial charge in [0, 0.05) is 11.8 Å². The summed E-state index contributed by atoms with van der Waals surface area (Å²) in [5.74, 6) is -1.98. The zero-order valence-electron chi connectivity index (χ0n) is 11.0. The minimum Gasteiger partial charge on any atom is -0.383 e. The Labute approximate surface area is 120 Å². The summed E-state index contributed by atoms with van der Waals surface area (Å²) in [5, 5.41) is 0. The van der Waals surface area contributed by atoms with E-state index in [0.717, 1.165) is 18.4 Å². The van der Waals surface area contributed by atoms with Crippen LogP contribution in [0.3, 0.4) is 0 Å².